The molecule has 0 aliphatic heterocycles. The van der Waals surface area contributed by atoms with E-state index in [1.807, 2.05) is 0 Å². The van der Waals surface area contributed by atoms with Crippen LogP contribution >= 0.6 is 0 Å². The van der Waals surface area contributed by atoms with Crippen molar-refractivity contribution in [2.45, 2.75) is 142 Å². The molecule has 200 valence electrons. The summed E-state index contributed by atoms with van der Waals surface area (Å²) in [5.74, 6) is -1.82. The summed E-state index contributed by atoms with van der Waals surface area (Å²) in [5, 5.41) is 20.2. The van der Waals surface area contributed by atoms with Gasteiger partial charge in [0.05, 0.1) is 0 Å². The van der Waals surface area contributed by atoms with E-state index >= 15 is 0 Å². The van der Waals surface area contributed by atoms with E-state index in [0.29, 0.717) is 0 Å². The van der Waals surface area contributed by atoms with Gasteiger partial charge in [0.1, 0.15) is 0 Å². The molecule has 0 amide bonds. The molecule has 0 aliphatic rings. The van der Waals surface area contributed by atoms with Crippen molar-refractivity contribution in [1.29, 1.82) is 0 Å². The fourth-order valence-corrected chi connectivity index (χ4v) is 3.16. The monoisotopic (exact) mass is 520 g/mol. The first-order valence-electron chi connectivity index (χ1n) is 12.6. The maximum Gasteiger partial charge on any atom is 2.00 e. The molecule has 0 aromatic carbocycles. The van der Waals surface area contributed by atoms with Crippen LogP contribution in [0.3, 0.4) is 0 Å². The van der Waals surface area contributed by atoms with Crippen molar-refractivity contribution in [1.82, 2.24) is 0 Å². The third-order valence-electron chi connectivity index (χ3n) is 4.97. The average molecular weight is 521 g/mol. The summed E-state index contributed by atoms with van der Waals surface area (Å²) in [4.78, 5) is 20.2. The minimum absolute atomic E-state index is 0. The van der Waals surface area contributed by atoms with Crippen LogP contribution in [0.15, 0.2) is 0 Å². The average Bonchev–Trinajstić information content (AvgIpc) is 2.70. The molecular formula is C24H48MgO8S. The first-order valence-corrected chi connectivity index (χ1v) is 14.0. The molecule has 0 saturated carbocycles. The quantitative estimate of drug-likeness (QED) is 0.137. The van der Waals surface area contributed by atoms with Gasteiger partial charge in [0.15, 0.2) is 0 Å². The zero-order valence-electron chi connectivity index (χ0n) is 21.6. The van der Waals surface area contributed by atoms with Crippen LogP contribution < -0.4 is 10.2 Å². The number of carbonyl (C=O) groups is 2. The first-order chi connectivity index (χ1) is 15.5. The molecule has 0 unspecified atom stereocenters. The number of unbranched alkanes of at least 4 members (excludes halogenated alkanes) is 16. The minimum atomic E-state index is -4.67. The van der Waals surface area contributed by atoms with Crippen LogP contribution in [0.5, 0.6) is 0 Å². The van der Waals surface area contributed by atoms with Crippen molar-refractivity contribution >= 4 is 45.4 Å². The van der Waals surface area contributed by atoms with Gasteiger partial charge in [-0.25, -0.2) is 0 Å². The number of hydrogen-bond acceptors (Lipinski definition) is 6. The fourth-order valence-electron chi connectivity index (χ4n) is 3.16. The predicted molar refractivity (Wildman–Crippen MR) is 134 cm³/mol. The van der Waals surface area contributed by atoms with Gasteiger partial charge in [0, 0.05) is 11.9 Å². The summed E-state index contributed by atoms with van der Waals surface area (Å²) in [6.07, 6.45) is 22.3. The van der Waals surface area contributed by atoms with Crippen molar-refractivity contribution in [3.8, 4) is 0 Å². The second-order valence-electron chi connectivity index (χ2n) is 8.35. The molecule has 0 aromatic heterocycles. The van der Waals surface area contributed by atoms with Crippen molar-refractivity contribution in [3.63, 3.8) is 0 Å². The third-order valence-corrected chi connectivity index (χ3v) is 4.97. The van der Waals surface area contributed by atoms with E-state index in [1.165, 1.54) is 89.9 Å². The molecule has 0 heterocycles. The molecule has 34 heavy (non-hydrogen) atoms. The number of hydrogen-bond donors (Lipinski definition) is 2. The van der Waals surface area contributed by atoms with Crippen LogP contribution in [-0.2, 0) is 20.0 Å². The molecule has 10 heteroatoms. The molecular weight excluding hydrogens is 473 g/mol. The maximum absolute atomic E-state index is 10.1. The molecule has 0 aromatic rings. The third kappa shape index (κ3) is 63.4. The second kappa shape index (κ2) is 32.6. The molecule has 8 nitrogen and oxygen atoms in total. The van der Waals surface area contributed by atoms with E-state index in [1.54, 1.807) is 0 Å². The van der Waals surface area contributed by atoms with E-state index < -0.39 is 22.3 Å². The summed E-state index contributed by atoms with van der Waals surface area (Å²) in [7, 11) is -4.67. The number of carboxylic acids is 2. The topological polar surface area (TPSA) is 155 Å². The summed E-state index contributed by atoms with van der Waals surface area (Å²) in [6.45, 7) is 4.44. The zero-order chi connectivity index (χ0) is 25.8. The number of carboxylic acid groups (broad SMARTS) is 2. The summed E-state index contributed by atoms with van der Waals surface area (Å²) < 4.78 is 31.6. The van der Waals surface area contributed by atoms with Gasteiger partial charge >= 0.3 is 33.5 Å². The Labute approximate surface area is 224 Å². The summed E-state index contributed by atoms with van der Waals surface area (Å²) in [6, 6.07) is 0. The van der Waals surface area contributed by atoms with Gasteiger partial charge in [-0.2, -0.15) is 8.42 Å². The summed E-state index contributed by atoms with van der Waals surface area (Å²) >= 11 is 0. The Bertz CT molecular complexity index is 487. The molecule has 0 bridgehead atoms. The van der Waals surface area contributed by atoms with E-state index in [4.69, 9.17) is 17.5 Å². The Balaban J connectivity index is -0.000000216. The van der Waals surface area contributed by atoms with Gasteiger partial charge in [-0.3, -0.25) is 9.11 Å². The molecule has 0 radical (unpaired) electrons. The normalized spacial score (nSPS) is 10.2. The van der Waals surface area contributed by atoms with E-state index in [0.717, 1.165) is 25.7 Å². The summed E-state index contributed by atoms with van der Waals surface area (Å²) in [5.41, 5.74) is 0. The van der Waals surface area contributed by atoms with Crippen LogP contribution in [0, 0.1) is 0 Å². The Morgan fingerprint density at radius 3 is 0.882 bits per heavy atom. The second-order valence-corrected chi connectivity index (χ2v) is 9.24. The molecule has 0 saturated heterocycles. The van der Waals surface area contributed by atoms with E-state index in [-0.39, 0.29) is 35.9 Å². The van der Waals surface area contributed by atoms with Gasteiger partial charge in [-0.15, -0.1) is 0 Å². The van der Waals surface area contributed by atoms with Crippen LogP contribution in [0.2, 0.25) is 0 Å². The standard InChI is InChI=1S/2C12H24O2.Mg.H2O4S/c2*1-2-3-4-5-6-7-8-9-10-11-12(13)14;;1-5(2,3)4/h2*2-11H2,1H3,(H,13,14);;(H2,1,2,3,4)/q;;+2;/p-2. The molecule has 2 N–H and O–H groups in total. The maximum atomic E-state index is 10.1. The number of carbonyl (C=O) groups excluding carboxylic acids is 2. The largest absolute Gasteiger partial charge is 2.00 e. The number of aliphatic carboxylic acids is 2. The molecule has 0 rings (SSSR count). The Hall–Kier alpha value is -0.424. The van der Waals surface area contributed by atoms with Crippen LogP contribution in [0.4, 0.5) is 0 Å². The molecule has 0 aliphatic carbocycles. The van der Waals surface area contributed by atoms with E-state index in [2.05, 4.69) is 13.8 Å². The van der Waals surface area contributed by atoms with Gasteiger partial charge in [-0.05, 0) is 25.7 Å². The van der Waals surface area contributed by atoms with Gasteiger partial charge in [0.2, 0.25) is 0 Å². The van der Waals surface area contributed by atoms with Gasteiger partial charge < -0.3 is 19.8 Å². The SMILES string of the molecule is CCCCCCCCCCCC(=O)[O-].CCCCCCCCCCCC(=O)[O-].O=S(=O)(O)O.[Mg+2]. The fraction of sp³-hybridized carbons (Fsp3) is 0.917. The van der Waals surface area contributed by atoms with Crippen LogP contribution in [-0.4, -0.2) is 52.5 Å². The van der Waals surface area contributed by atoms with Gasteiger partial charge in [-0.1, -0.05) is 117 Å². The van der Waals surface area contributed by atoms with Gasteiger partial charge in [0.25, 0.3) is 0 Å². The van der Waals surface area contributed by atoms with E-state index in [9.17, 15) is 19.8 Å². The Kier molecular flexibility index (Phi) is 39.0. The van der Waals surface area contributed by atoms with Crippen molar-refractivity contribution in [2.24, 2.45) is 0 Å². The number of rotatable bonds is 20. The van der Waals surface area contributed by atoms with Crippen molar-refractivity contribution in [2.75, 3.05) is 0 Å². The molecule has 0 spiro atoms. The Morgan fingerprint density at radius 2 is 0.706 bits per heavy atom. The smallest absolute Gasteiger partial charge is 0.550 e. The predicted octanol–water partition coefficient (Wildman–Crippen LogP) is 4.28. The van der Waals surface area contributed by atoms with Crippen molar-refractivity contribution in [3.05, 3.63) is 0 Å². The van der Waals surface area contributed by atoms with Crippen LogP contribution in [0.25, 0.3) is 0 Å². The first kappa shape index (κ1) is 40.7. The Morgan fingerprint density at radius 1 is 0.529 bits per heavy atom. The minimum Gasteiger partial charge on any atom is -0.550 e. The molecule has 0 atom stereocenters. The zero-order valence-corrected chi connectivity index (χ0v) is 23.8. The molecule has 0 fully saturated rings. The van der Waals surface area contributed by atoms with Crippen molar-refractivity contribution < 1.29 is 37.3 Å². The van der Waals surface area contributed by atoms with Crippen LogP contribution in [0.1, 0.15) is 142 Å².